The molecule has 1 unspecified atom stereocenters. The smallest absolute Gasteiger partial charge is 0.141 e. The minimum atomic E-state index is -0.289. The molecular formula is C15H23FN2O. The highest BCUT2D eigenvalue weighted by atomic mass is 19.1. The van der Waals surface area contributed by atoms with Crippen LogP contribution < -0.4 is 5.32 Å². The lowest BCUT2D eigenvalue weighted by molar-refractivity contribution is -0.0685. The zero-order valence-corrected chi connectivity index (χ0v) is 11.8. The van der Waals surface area contributed by atoms with Gasteiger partial charge >= 0.3 is 0 Å². The first kappa shape index (κ1) is 14.4. The summed E-state index contributed by atoms with van der Waals surface area (Å²) in [7, 11) is 1.77. The summed E-state index contributed by atoms with van der Waals surface area (Å²) in [6, 6.07) is 1.57. The van der Waals surface area contributed by atoms with Gasteiger partial charge in [0, 0.05) is 13.3 Å². The minimum Gasteiger partial charge on any atom is -0.376 e. The van der Waals surface area contributed by atoms with Gasteiger partial charge in [0.05, 0.1) is 17.8 Å². The molecule has 0 amide bonds. The van der Waals surface area contributed by atoms with E-state index >= 15 is 0 Å². The molecule has 3 nitrogen and oxygen atoms in total. The molecule has 1 saturated carbocycles. The van der Waals surface area contributed by atoms with Crippen molar-refractivity contribution in [3.63, 3.8) is 0 Å². The molecule has 4 heteroatoms. The number of hydrogen-bond acceptors (Lipinski definition) is 3. The van der Waals surface area contributed by atoms with E-state index in [0.29, 0.717) is 0 Å². The van der Waals surface area contributed by atoms with E-state index in [4.69, 9.17) is 4.74 Å². The van der Waals surface area contributed by atoms with E-state index in [1.54, 1.807) is 19.4 Å². The Hall–Kier alpha value is -1.00. The maximum Gasteiger partial charge on any atom is 0.141 e. The van der Waals surface area contributed by atoms with Crippen molar-refractivity contribution in [2.24, 2.45) is 0 Å². The average molecular weight is 266 g/mol. The Labute approximate surface area is 114 Å². The second-order valence-corrected chi connectivity index (χ2v) is 5.26. The largest absolute Gasteiger partial charge is 0.376 e. The van der Waals surface area contributed by atoms with Crippen LogP contribution in [0.25, 0.3) is 0 Å². The van der Waals surface area contributed by atoms with Gasteiger partial charge in [-0.3, -0.25) is 4.98 Å². The Morgan fingerprint density at radius 2 is 2.11 bits per heavy atom. The van der Waals surface area contributed by atoms with Crippen molar-refractivity contribution in [3.05, 3.63) is 29.8 Å². The molecule has 1 aliphatic carbocycles. The summed E-state index contributed by atoms with van der Waals surface area (Å²) in [6.07, 6.45) is 8.59. The van der Waals surface area contributed by atoms with Crippen LogP contribution in [0.5, 0.6) is 0 Å². The molecule has 19 heavy (non-hydrogen) atoms. The van der Waals surface area contributed by atoms with Crippen LogP contribution in [0, 0.1) is 5.82 Å². The standard InChI is InChI=1S/C15H23FN2O/c1-3-18-14(12-9-13(16)11-17-10-12)15(19-2)7-5-4-6-8-15/h9-11,14,18H,3-8H2,1-2H3. The topological polar surface area (TPSA) is 34.2 Å². The van der Waals surface area contributed by atoms with Gasteiger partial charge in [0.1, 0.15) is 5.82 Å². The number of nitrogens with one attached hydrogen (secondary N) is 1. The molecule has 1 atom stereocenters. The molecule has 1 heterocycles. The van der Waals surface area contributed by atoms with Gasteiger partial charge in [0.15, 0.2) is 0 Å². The first-order chi connectivity index (χ1) is 9.22. The predicted octanol–water partition coefficient (Wildman–Crippen LogP) is 3.22. The number of nitrogens with zero attached hydrogens (tertiary/aromatic N) is 1. The zero-order valence-electron chi connectivity index (χ0n) is 11.8. The number of ether oxygens (including phenoxy) is 1. The van der Waals surface area contributed by atoms with Gasteiger partial charge in [-0.25, -0.2) is 4.39 Å². The number of likely N-dealkylation sites (N-methyl/N-ethyl adjacent to an activating group) is 1. The van der Waals surface area contributed by atoms with E-state index in [9.17, 15) is 4.39 Å². The van der Waals surface area contributed by atoms with Crippen LogP contribution in [0.3, 0.4) is 0 Å². The van der Waals surface area contributed by atoms with Gasteiger partial charge in [-0.15, -0.1) is 0 Å². The van der Waals surface area contributed by atoms with E-state index in [1.807, 2.05) is 0 Å². The minimum absolute atomic E-state index is 0.00556. The maximum absolute atomic E-state index is 13.4. The van der Waals surface area contributed by atoms with Gasteiger partial charge in [0.2, 0.25) is 0 Å². The van der Waals surface area contributed by atoms with Crippen LogP contribution in [0.1, 0.15) is 50.6 Å². The van der Waals surface area contributed by atoms with E-state index < -0.39 is 0 Å². The van der Waals surface area contributed by atoms with Crippen LogP contribution in [0.15, 0.2) is 18.5 Å². The van der Waals surface area contributed by atoms with Crippen LogP contribution >= 0.6 is 0 Å². The fourth-order valence-electron chi connectivity index (χ4n) is 3.16. The van der Waals surface area contributed by atoms with Crippen molar-refractivity contribution in [1.29, 1.82) is 0 Å². The third kappa shape index (κ3) is 3.12. The Balaban J connectivity index is 2.32. The Morgan fingerprint density at radius 1 is 1.37 bits per heavy atom. The Morgan fingerprint density at radius 3 is 2.68 bits per heavy atom. The molecule has 0 radical (unpaired) electrons. The third-order valence-electron chi connectivity index (χ3n) is 4.10. The summed E-state index contributed by atoms with van der Waals surface area (Å²) in [5.41, 5.74) is 0.648. The average Bonchev–Trinajstić information content (AvgIpc) is 2.45. The van der Waals surface area contributed by atoms with Gasteiger partial charge < -0.3 is 10.1 Å². The summed E-state index contributed by atoms with van der Waals surface area (Å²) in [5, 5.41) is 3.46. The summed E-state index contributed by atoms with van der Waals surface area (Å²) < 4.78 is 19.3. The quantitative estimate of drug-likeness (QED) is 0.888. The molecule has 0 aliphatic heterocycles. The fraction of sp³-hybridized carbons (Fsp3) is 0.667. The number of aromatic nitrogens is 1. The van der Waals surface area contributed by atoms with Gasteiger partial charge in [-0.2, -0.15) is 0 Å². The molecular weight excluding hydrogens is 243 g/mol. The highest BCUT2D eigenvalue weighted by Gasteiger charge is 2.40. The van der Waals surface area contributed by atoms with Crippen molar-refractivity contribution in [3.8, 4) is 0 Å². The lowest BCUT2D eigenvalue weighted by Crippen LogP contribution is -2.47. The molecule has 1 aromatic rings. The number of rotatable bonds is 5. The van der Waals surface area contributed by atoms with E-state index in [0.717, 1.165) is 24.9 Å². The van der Waals surface area contributed by atoms with E-state index in [1.165, 1.54) is 25.5 Å². The SMILES string of the molecule is CCNC(c1cncc(F)c1)C1(OC)CCCCC1. The number of halogens is 1. The van der Waals surface area contributed by atoms with Crippen LogP contribution in [0.4, 0.5) is 4.39 Å². The molecule has 0 aromatic carbocycles. The predicted molar refractivity (Wildman–Crippen MR) is 73.4 cm³/mol. The van der Waals surface area contributed by atoms with Crippen LogP contribution in [0.2, 0.25) is 0 Å². The second kappa shape index (κ2) is 6.44. The molecule has 2 rings (SSSR count). The van der Waals surface area contributed by atoms with Crippen molar-refractivity contribution < 1.29 is 9.13 Å². The summed E-state index contributed by atoms with van der Waals surface area (Å²) in [6.45, 7) is 2.89. The number of pyridine rings is 1. The number of hydrogen-bond donors (Lipinski definition) is 1. The van der Waals surface area contributed by atoms with E-state index in [-0.39, 0.29) is 17.5 Å². The summed E-state index contributed by atoms with van der Waals surface area (Å²) >= 11 is 0. The first-order valence-electron chi connectivity index (χ1n) is 7.11. The first-order valence-corrected chi connectivity index (χ1v) is 7.11. The molecule has 106 valence electrons. The molecule has 0 bridgehead atoms. The summed E-state index contributed by atoms with van der Waals surface area (Å²) in [5.74, 6) is -0.289. The van der Waals surface area contributed by atoms with Crippen molar-refractivity contribution >= 4 is 0 Å². The monoisotopic (exact) mass is 266 g/mol. The summed E-state index contributed by atoms with van der Waals surface area (Å²) in [4.78, 5) is 3.98. The Kier molecular flexibility index (Phi) is 4.88. The maximum atomic E-state index is 13.4. The van der Waals surface area contributed by atoms with Gasteiger partial charge in [0.25, 0.3) is 0 Å². The fourth-order valence-corrected chi connectivity index (χ4v) is 3.16. The normalized spacial score (nSPS) is 20.2. The second-order valence-electron chi connectivity index (χ2n) is 5.26. The molecule has 0 saturated heterocycles. The molecule has 1 aliphatic rings. The van der Waals surface area contributed by atoms with Crippen molar-refractivity contribution in [2.45, 2.75) is 50.7 Å². The molecule has 1 fully saturated rings. The van der Waals surface area contributed by atoms with Gasteiger partial charge in [-0.1, -0.05) is 26.2 Å². The van der Waals surface area contributed by atoms with Crippen molar-refractivity contribution in [1.82, 2.24) is 10.3 Å². The molecule has 0 spiro atoms. The van der Waals surface area contributed by atoms with Crippen LogP contribution in [-0.2, 0) is 4.74 Å². The lowest BCUT2D eigenvalue weighted by atomic mass is 9.77. The van der Waals surface area contributed by atoms with E-state index in [2.05, 4.69) is 17.2 Å². The lowest BCUT2D eigenvalue weighted by Gasteiger charge is -2.43. The Bertz CT molecular complexity index is 405. The van der Waals surface area contributed by atoms with Crippen LogP contribution in [-0.4, -0.2) is 24.2 Å². The zero-order chi connectivity index (χ0) is 13.7. The van der Waals surface area contributed by atoms with Gasteiger partial charge in [-0.05, 0) is 31.0 Å². The third-order valence-corrected chi connectivity index (χ3v) is 4.10. The van der Waals surface area contributed by atoms with Crippen molar-refractivity contribution in [2.75, 3.05) is 13.7 Å². The number of methoxy groups -OCH3 is 1. The highest BCUT2D eigenvalue weighted by molar-refractivity contribution is 5.20. The molecule has 1 N–H and O–H groups in total. The highest BCUT2D eigenvalue weighted by Crippen LogP contribution is 2.41. The molecule has 1 aromatic heterocycles.